The van der Waals surface area contributed by atoms with Crippen LogP contribution in [-0.2, 0) is 13.2 Å². The molecule has 3 N–H and O–H groups in total. The van der Waals surface area contributed by atoms with Crippen LogP contribution in [0.2, 0.25) is 0 Å². The first-order chi connectivity index (χ1) is 8.13. The summed E-state index contributed by atoms with van der Waals surface area (Å²) in [5.74, 6) is 0.436. The van der Waals surface area contributed by atoms with Crippen LogP contribution in [0.25, 0.3) is 0 Å². The zero-order valence-electron chi connectivity index (χ0n) is 10.4. The third-order valence-corrected chi connectivity index (χ3v) is 2.40. The number of carbonyl (C=O) groups excluding carboxylic acids is 1. The van der Waals surface area contributed by atoms with E-state index in [1.165, 1.54) is 0 Å². The fraction of sp³-hybridized carbons (Fsp3) is 0.462. The molecule has 2 amide bonds. The molecule has 0 aromatic heterocycles. The van der Waals surface area contributed by atoms with Gasteiger partial charge >= 0.3 is 6.03 Å². The number of aliphatic hydroxyl groups is 1. The maximum Gasteiger partial charge on any atom is 0.315 e. The van der Waals surface area contributed by atoms with Crippen LogP contribution >= 0.6 is 0 Å². The van der Waals surface area contributed by atoms with Gasteiger partial charge in [0.1, 0.15) is 0 Å². The van der Waals surface area contributed by atoms with Crippen molar-refractivity contribution in [2.24, 2.45) is 5.92 Å². The van der Waals surface area contributed by atoms with Crippen LogP contribution in [0.5, 0.6) is 0 Å². The fourth-order valence-electron chi connectivity index (χ4n) is 1.42. The van der Waals surface area contributed by atoms with Crippen LogP contribution in [0.4, 0.5) is 4.79 Å². The molecule has 0 bridgehead atoms. The van der Waals surface area contributed by atoms with Gasteiger partial charge in [-0.05, 0) is 17.0 Å². The first-order valence-corrected chi connectivity index (χ1v) is 5.82. The smallest absolute Gasteiger partial charge is 0.315 e. The van der Waals surface area contributed by atoms with Gasteiger partial charge in [0.05, 0.1) is 6.61 Å². The average Bonchev–Trinajstić information content (AvgIpc) is 2.34. The highest BCUT2D eigenvalue weighted by Gasteiger charge is 2.04. The molecule has 0 heterocycles. The monoisotopic (exact) mass is 236 g/mol. The highest BCUT2D eigenvalue weighted by molar-refractivity contribution is 5.73. The molecule has 0 aliphatic heterocycles. The van der Waals surface area contributed by atoms with Crippen molar-refractivity contribution < 1.29 is 9.90 Å². The first-order valence-electron chi connectivity index (χ1n) is 5.82. The van der Waals surface area contributed by atoms with E-state index in [-0.39, 0.29) is 12.6 Å². The molecular weight excluding hydrogens is 216 g/mol. The topological polar surface area (TPSA) is 61.4 Å². The number of nitrogens with one attached hydrogen (secondary N) is 2. The molecule has 0 saturated heterocycles. The Bertz CT molecular complexity index is 364. The Kier molecular flexibility index (Phi) is 5.49. The van der Waals surface area contributed by atoms with Crippen LogP contribution < -0.4 is 10.6 Å². The lowest BCUT2D eigenvalue weighted by atomic mass is 10.1. The molecule has 0 atom stereocenters. The van der Waals surface area contributed by atoms with Crippen LogP contribution in [-0.4, -0.2) is 17.7 Å². The summed E-state index contributed by atoms with van der Waals surface area (Å²) >= 11 is 0. The fourth-order valence-corrected chi connectivity index (χ4v) is 1.42. The molecular formula is C13H20N2O2. The Balaban J connectivity index is 2.42. The average molecular weight is 236 g/mol. The lowest BCUT2D eigenvalue weighted by molar-refractivity contribution is 0.239. The van der Waals surface area contributed by atoms with Crippen molar-refractivity contribution in [2.45, 2.75) is 27.0 Å². The molecule has 0 spiro atoms. The van der Waals surface area contributed by atoms with Crippen LogP contribution in [0, 0.1) is 5.92 Å². The van der Waals surface area contributed by atoms with Gasteiger partial charge in [0, 0.05) is 13.1 Å². The highest BCUT2D eigenvalue weighted by atomic mass is 16.3. The lowest BCUT2D eigenvalue weighted by Gasteiger charge is -2.11. The van der Waals surface area contributed by atoms with Crippen molar-refractivity contribution in [2.75, 3.05) is 6.54 Å². The van der Waals surface area contributed by atoms with E-state index in [2.05, 4.69) is 10.6 Å². The van der Waals surface area contributed by atoms with E-state index >= 15 is 0 Å². The quantitative estimate of drug-likeness (QED) is 0.727. The van der Waals surface area contributed by atoms with Gasteiger partial charge in [0.2, 0.25) is 0 Å². The Hall–Kier alpha value is -1.55. The van der Waals surface area contributed by atoms with E-state index in [1.807, 2.05) is 38.1 Å². The van der Waals surface area contributed by atoms with Crippen molar-refractivity contribution in [3.63, 3.8) is 0 Å². The summed E-state index contributed by atoms with van der Waals surface area (Å²) in [5, 5.41) is 14.7. The molecule has 0 radical (unpaired) electrons. The Morgan fingerprint density at radius 3 is 2.47 bits per heavy atom. The van der Waals surface area contributed by atoms with E-state index < -0.39 is 0 Å². The van der Waals surface area contributed by atoms with Gasteiger partial charge < -0.3 is 15.7 Å². The summed E-state index contributed by atoms with van der Waals surface area (Å²) in [6.45, 7) is 5.17. The second kappa shape index (κ2) is 6.91. The maximum atomic E-state index is 11.4. The number of urea groups is 1. The van der Waals surface area contributed by atoms with Crippen molar-refractivity contribution in [3.05, 3.63) is 35.4 Å². The molecule has 4 nitrogen and oxygen atoms in total. The molecule has 0 aliphatic rings. The molecule has 0 saturated carbocycles. The van der Waals surface area contributed by atoms with Gasteiger partial charge in [-0.1, -0.05) is 38.1 Å². The Labute approximate surface area is 102 Å². The number of rotatable bonds is 5. The Morgan fingerprint density at radius 1 is 1.24 bits per heavy atom. The largest absolute Gasteiger partial charge is 0.392 e. The SMILES string of the molecule is CC(C)CNC(=O)NCc1ccccc1CO. The zero-order chi connectivity index (χ0) is 12.7. The number of amides is 2. The van der Waals surface area contributed by atoms with Crippen molar-refractivity contribution in [1.82, 2.24) is 10.6 Å². The summed E-state index contributed by atoms with van der Waals surface area (Å²) < 4.78 is 0. The van der Waals surface area contributed by atoms with E-state index in [9.17, 15) is 4.79 Å². The van der Waals surface area contributed by atoms with E-state index in [1.54, 1.807) is 0 Å². The van der Waals surface area contributed by atoms with Crippen molar-refractivity contribution in [3.8, 4) is 0 Å². The van der Waals surface area contributed by atoms with Crippen LogP contribution in [0.15, 0.2) is 24.3 Å². The number of benzene rings is 1. The molecule has 0 fully saturated rings. The highest BCUT2D eigenvalue weighted by Crippen LogP contribution is 2.07. The summed E-state index contributed by atoms with van der Waals surface area (Å²) in [5.41, 5.74) is 1.78. The van der Waals surface area contributed by atoms with E-state index in [0.29, 0.717) is 19.0 Å². The van der Waals surface area contributed by atoms with Gasteiger partial charge in [-0.25, -0.2) is 4.79 Å². The maximum absolute atomic E-state index is 11.4. The van der Waals surface area contributed by atoms with Gasteiger partial charge in [0.15, 0.2) is 0 Å². The van der Waals surface area contributed by atoms with Crippen molar-refractivity contribution >= 4 is 6.03 Å². The second-order valence-corrected chi connectivity index (χ2v) is 4.38. The first kappa shape index (κ1) is 13.5. The van der Waals surface area contributed by atoms with E-state index in [4.69, 9.17) is 5.11 Å². The normalized spacial score (nSPS) is 10.4. The Morgan fingerprint density at radius 2 is 1.88 bits per heavy atom. The molecule has 4 heteroatoms. The molecule has 1 aromatic rings. The summed E-state index contributed by atoms with van der Waals surface area (Å²) in [6.07, 6.45) is 0. The van der Waals surface area contributed by atoms with Gasteiger partial charge in [-0.15, -0.1) is 0 Å². The second-order valence-electron chi connectivity index (χ2n) is 4.38. The number of aliphatic hydroxyl groups excluding tert-OH is 1. The number of hydrogen-bond acceptors (Lipinski definition) is 2. The van der Waals surface area contributed by atoms with Gasteiger partial charge in [-0.3, -0.25) is 0 Å². The lowest BCUT2D eigenvalue weighted by Crippen LogP contribution is -2.37. The third kappa shape index (κ3) is 4.87. The molecule has 1 aromatic carbocycles. The zero-order valence-corrected chi connectivity index (χ0v) is 10.4. The van der Waals surface area contributed by atoms with E-state index in [0.717, 1.165) is 11.1 Å². The molecule has 1 rings (SSSR count). The van der Waals surface area contributed by atoms with Crippen LogP contribution in [0.1, 0.15) is 25.0 Å². The van der Waals surface area contributed by atoms with Crippen LogP contribution in [0.3, 0.4) is 0 Å². The predicted octanol–water partition coefficient (Wildman–Crippen LogP) is 1.63. The number of hydrogen-bond donors (Lipinski definition) is 3. The minimum atomic E-state index is -0.175. The molecule has 0 unspecified atom stereocenters. The summed E-state index contributed by atoms with van der Waals surface area (Å²) in [6, 6.07) is 7.33. The molecule has 94 valence electrons. The minimum Gasteiger partial charge on any atom is -0.392 e. The third-order valence-electron chi connectivity index (χ3n) is 2.40. The predicted molar refractivity (Wildman–Crippen MR) is 67.4 cm³/mol. The van der Waals surface area contributed by atoms with Gasteiger partial charge in [0.25, 0.3) is 0 Å². The molecule has 17 heavy (non-hydrogen) atoms. The minimum absolute atomic E-state index is 0.00847. The van der Waals surface area contributed by atoms with Crippen molar-refractivity contribution in [1.29, 1.82) is 0 Å². The number of carbonyl (C=O) groups is 1. The molecule has 0 aliphatic carbocycles. The van der Waals surface area contributed by atoms with Gasteiger partial charge in [-0.2, -0.15) is 0 Å². The standard InChI is InChI=1S/C13H20N2O2/c1-10(2)7-14-13(17)15-8-11-5-3-4-6-12(11)9-16/h3-6,10,16H,7-9H2,1-2H3,(H2,14,15,17). The summed E-state index contributed by atoms with van der Waals surface area (Å²) in [7, 11) is 0. The summed E-state index contributed by atoms with van der Waals surface area (Å²) in [4.78, 5) is 11.4.